The molecular weight excluding hydrogens is 241 g/mol. The number of hydrogen-bond acceptors (Lipinski definition) is 4. The molecule has 7 heteroatoms. The first-order valence-electron chi connectivity index (χ1n) is 4.77. The highest BCUT2D eigenvalue weighted by molar-refractivity contribution is 7.99. The summed E-state index contributed by atoms with van der Waals surface area (Å²) in [6, 6.07) is 4.50. The van der Waals surface area contributed by atoms with Crippen molar-refractivity contribution in [3.8, 4) is 0 Å². The molecule has 0 aliphatic heterocycles. The fourth-order valence-electron chi connectivity index (χ4n) is 1.32. The topological polar surface area (TPSA) is 91.4 Å². The van der Waals surface area contributed by atoms with E-state index in [2.05, 4.69) is 15.2 Å². The van der Waals surface area contributed by atoms with Gasteiger partial charge in [0, 0.05) is 4.90 Å². The maximum Gasteiger partial charge on any atom is 0.213 e. The van der Waals surface area contributed by atoms with Crippen LogP contribution in [-0.4, -0.2) is 21.0 Å². The lowest BCUT2D eigenvalue weighted by atomic mass is 10.2. The monoisotopic (exact) mass is 251 g/mol. The van der Waals surface area contributed by atoms with Gasteiger partial charge in [-0.15, -0.1) is 5.10 Å². The minimum Gasteiger partial charge on any atom is -0.384 e. The van der Waals surface area contributed by atoms with E-state index in [0.717, 1.165) is 11.8 Å². The van der Waals surface area contributed by atoms with Crippen molar-refractivity contribution in [3.63, 3.8) is 0 Å². The Hall–Kier alpha value is -1.89. The SMILES string of the molecule is Cc1nc(Sc2cccc(F)c2C(=N)N)n[nH]1. The highest BCUT2D eigenvalue weighted by atomic mass is 32.2. The maximum absolute atomic E-state index is 13.5. The second-order valence-corrected chi connectivity index (χ2v) is 4.34. The van der Waals surface area contributed by atoms with Gasteiger partial charge in [0.05, 0.1) is 5.56 Å². The molecule has 5 nitrogen and oxygen atoms in total. The summed E-state index contributed by atoms with van der Waals surface area (Å²) in [5.41, 5.74) is 5.44. The lowest BCUT2D eigenvalue weighted by Crippen LogP contribution is -2.14. The minimum absolute atomic E-state index is 0.0833. The third-order valence-corrected chi connectivity index (χ3v) is 2.95. The van der Waals surface area contributed by atoms with Crippen molar-refractivity contribution in [1.82, 2.24) is 15.2 Å². The van der Waals surface area contributed by atoms with Crippen molar-refractivity contribution < 1.29 is 4.39 Å². The third-order valence-electron chi connectivity index (χ3n) is 2.02. The number of aryl methyl sites for hydroxylation is 1. The molecule has 1 heterocycles. The molecule has 0 radical (unpaired) electrons. The van der Waals surface area contributed by atoms with Gasteiger partial charge in [-0.2, -0.15) is 0 Å². The van der Waals surface area contributed by atoms with Gasteiger partial charge in [-0.3, -0.25) is 10.5 Å². The summed E-state index contributed by atoms with van der Waals surface area (Å²) in [5.74, 6) is -0.152. The molecule has 1 aromatic carbocycles. The molecule has 1 aromatic heterocycles. The van der Waals surface area contributed by atoms with Crippen molar-refractivity contribution >= 4 is 17.6 Å². The first-order chi connectivity index (χ1) is 8.08. The smallest absolute Gasteiger partial charge is 0.213 e. The van der Waals surface area contributed by atoms with Crippen molar-refractivity contribution in [2.45, 2.75) is 17.0 Å². The average molecular weight is 251 g/mol. The molecule has 0 atom stereocenters. The van der Waals surface area contributed by atoms with Crippen LogP contribution in [0.5, 0.6) is 0 Å². The number of benzene rings is 1. The van der Waals surface area contributed by atoms with Crippen LogP contribution in [0, 0.1) is 18.2 Å². The predicted molar refractivity (Wildman–Crippen MR) is 62.7 cm³/mol. The number of aromatic amines is 1. The van der Waals surface area contributed by atoms with E-state index < -0.39 is 5.82 Å². The lowest BCUT2D eigenvalue weighted by molar-refractivity contribution is 0.621. The fourth-order valence-corrected chi connectivity index (χ4v) is 2.24. The van der Waals surface area contributed by atoms with Gasteiger partial charge in [-0.05, 0) is 30.8 Å². The average Bonchev–Trinajstić information content (AvgIpc) is 2.63. The second-order valence-electron chi connectivity index (χ2n) is 3.33. The van der Waals surface area contributed by atoms with Crippen LogP contribution in [0.2, 0.25) is 0 Å². The number of rotatable bonds is 3. The Balaban J connectivity index is 2.39. The van der Waals surface area contributed by atoms with Gasteiger partial charge in [0.1, 0.15) is 17.5 Å². The number of nitrogen functional groups attached to an aromatic ring is 1. The number of aromatic nitrogens is 3. The molecule has 0 saturated carbocycles. The minimum atomic E-state index is -0.519. The van der Waals surface area contributed by atoms with Crippen molar-refractivity contribution in [2.75, 3.05) is 0 Å². The summed E-state index contributed by atoms with van der Waals surface area (Å²) in [5, 5.41) is 14.5. The van der Waals surface area contributed by atoms with Gasteiger partial charge in [-0.25, -0.2) is 9.37 Å². The molecule has 17 heavy (non-hydrogen) atoms. The number of halogens is 1. The van der Waals surface area contributed by atoms with Gasteiger partial charge in [0.15, 0.2) is 0 Å². The van der Waals surface area contributed by atoms with Crippen LogP contribution in [0.3, 0.4) is 0 Å². The molecule has 0 aliphatic carbocycles. The standard InChI is InChI=1S/C10H10FN5S/c1-5-14-10(16-15-5)17-7-4-2-3-6(11)8(7)9(12)13/h2-4H,1H3,(H3,12,13)(H,14,15,16). The van der Waals surface area contributed by atoms with Gasteiger partial charge in [0.25, 0.3) is 0 Å². The van der Waals surface area contributed by atoms with E-state index in [1.165, 1.54) is 6.07 Å². The summed E-state index contributed by atoms with van der Waals surface area (Å²) in [6.07, 6.45) is 0. The number of nitrogens with two attached hydrogens (primary N) is 1. The van der Waals surface area contributed by atoms with Crippen molar-refractivity contribution in [3.05, 3.63) is 35.4 Å². The zero-order valence-electron chi connectivity index (χ0n) is 8.99. The number of H-pyrrole nitrogens is 1. The van der Waals surface area contributed by atoms with Crippen LogP contribution in [0.15, 0.2) is 28.3 Å². The van der Waals surface area contributed by atoms with Gasteiger partial charge < -0.3 is 5.73 Å². The Morgan fingerprint density at radius 3 is 2.88 bits per heavy atom. The van der Waals surface area contributed by atoms with Crippen LogP contribution in [0.4, 0.5) is 4.39 Å². The Labute approximate surface area is 101 Å². The molecule has 0 unspecified atom stereocenters. The van der Waals surface area contributed by atoms with Crippen molar-refractivity contribution in [2.24, 2.45) is 5.73 Å². The normalized spacial score (nSPS) is 10.5. The molecule has 0 aliphatic rings. The number of amidine groups is 1. The molecule has 2 rings (SSSR count). The number of nitrogens with one attached hydrogen (secondary N) is 2. The fraction of sp³-hybridized carbons (Fsp3) is 0.100. The highest BCUT2D eigenvalue weighted by Gasteiger charge is 2.13. The van der Waals surface area contributed by atoms with E-state index >= 15 is 0 Å². The Bertz CT molecular complexity index is 566. The first kappa shape index (κ1) is 11.6. The van der Waals surface area contributed by atoms with Gasteiger partial charge >= 0.3 is 0 Å². The van der Waals surface area contributed by atoms with E-state index in [9.17, 15) is 4.39 Å². The molecule has 0 amide bonds. The largest absolute Gasteiger partial charge is 0.384 e. The molecule has 2 aromatic rings. The maximum atomic E-state index is 13.5. The van der Waals surface area contributed by atoms with Crippen molar-refractivity contribution in [1.29, 1.82) is 5.41 Å². The van der Waals surface area contributed by atoms with E-state index in [4.69, 9.17) is 11.1 Å². The van der Waals surface area contributed by atoms with Gasteiger partial charge in [-0.1, -0.05) is 6.07 Å². The van der Waals surface area contributed by atoms with Gasteiger partial charge in [0.2, 0.25) is 5.16 Å². The Kier molecular flexibility index (Phi) is 3.10. The molecule has 4 N–H and O–H groups in total. The lowest BCUT2D eigenvalue weighted by Gasteiger charge is -2.06. The third kappa shape index (κ3) is 2.44. The molecule has 0 fully saturated rings. The first-order valence-corrected chi connectivity index (χ1v) is 5.59. The van der Waals surface area contributed by atoms with Crippen LogP contribution < -0.4 is 5.73 Å². The van der Waals surface area contributed by atoms with Crippen LogP contribution in [-0.2, 0) is 0 Å². The molecular formula is C10H10FN5S. The molecule has 88 valence electrons. The molecule has 0 saturated heterocycles. The van der Waals surface area contributed by atoms with E-state index in [1.807, 2.05) is 0 Å². The summed E-state index contributed by atoms with van der Waals surface area (Å²) in [4.78, 5) is 4.62. The summed E-state index contributed by atoms with van der Waals surface area (Å²) in [7, 11) is 0. The zero-order valence-corrected chi connectivity index (χ0v) is 9.81. The quantitative estimate of drug-likeness (QED) is 0.571. The zero-order chi connectivity index (χ0) is 12.4. The highest BCUT2D eigenvalue weighted by Crippen LogP contribution is 2.29. The number of hydrogen-bond donors (Lipinski definition) is 3. The number of nitrogens with zero attached hydrogens (tertiary/aromatic N) is 2. The summed E-state index contributed by atoms with van der Waals surface area (Å²) < 4.78 is 13.5. The molecule has 0 spiro atoms. The summed E-state index contributed by atoms with van der Waals surface area (Å²) >= 11 is 1.16. The predicted octanol–water partition coefficient (Wildman–Crippen LogP) is 1.69. The Morgan fingerprint density at radius 2 is 2.29 bits per heavy atom. The van der Waals surface area contributed by atoms with E-state index in [-0.39, 0.29) is 11.4 Å². The Morgan fingerprint density at radius 1 is 1.53 bits per heavy atom. The van der Waals surface area contributed by atoms with Crippen LogP contribution >= 0.6 is 11.8 Å². The molecule has 0 bridgehead atoms. The van der Waals surface area contributed by atoms with Crippen LogP contribution in [0.1, 0.15) is 11.4 Å². The van der Waals surface area contributed by atoms with E-state index in [0.29, 0.717) is 15.9 Å². The summed E-state index contributed by atoms with van der Waals surface area (Å²) in [6.45, 7) is 1.77. The van der Waals surface area contributed by atoms with E-state index in [1.54, 1.807) is 19.1 Å². The second kappa shape index (κ2) is 4.54. The van der Waals surface area contributed by atoms with Crippen LogP contribution in [0.25, 0.3) is 0 Å².